The predicted octanol–water partition coefficient (Wildman–Crippen LogP) is 3.60. The first-order valence-electron chi connectivity index (χ1n) is 6.44. The fourth-order valence-corrected chi connectivity index (χ4v) is 2.08. The molecule has 0 aromatic rings. The van der Waals surface area contributed by atoms with Gasteiger partial charge >= 0.3 is 6.09 Å². The van der Waals surface area contributed by atoms with Gasteiger partial charge in [-0.3, -0.25) is 0 Å². The lowest BCUT2D eigenvalue weighted by atomic mass is 9.91. The predicted molar refractivity (Wildman–Crippen MR) is 70.0 cm³/mol. The van der Waals surface area contributed by atoms with E-state index in [9.17, 15) is 4.79 Å². The van der Waals surface area contributed by atoms with Crippen molar-refractivity contribution in [3.8, 4) is 0 Å². The lowest BCUT2D eigenvalue weighted by molar-refractivity contribution is 0.0182. The summed E-state index contributed by atoms with van der Waals surface area (Å²) >= 11 is 0. The maximum absolute atomic E-state index is 12.0. The summed E-state index contributed by atoms with van der Waals surface area (Å²) < 4.78 is 5.41. The Balaban J connectivity index is 2.58. The Labute approximate surface area is 105 Å². The van der Waals surface area contributed by atoms with Crippen LogP contribution in [0.2, 0.25) is 0 Å². The number of carbonyl (C=O) groups excluding carboxylic acids is 1. The van der Waals surface area contributed by atoms with Crippen molar-refractivity contribution in [1.29, 1.82) is 0 Å². The molecule has 98 valence electrons. The standard InChI is InChI=1S/C14H25NO2/c1-6-11(2)12-8-7-9-15(10-12)13(16)17-14(3,4)5/h6,12H,7-10H2,1-5H3. The Kier molecular flexibility index (Phi) is 4.61. The molecule has 0 bridgehead atoms. The van der Waals surface area contributed by atoms with Gasteiger partial charge in [0.2, 0.25) is 0 Å². The average molecular weight is 239 g/mol. The van der Waals surface area contributed by atoms with Crippen molar-refractivity contribution < 1.29 is 9.53 Å². The number of allylic oxidation sites excluding steroid dienone is 1. The van der Waals surface area contributed by atoms with Gasteiger partial charge in [0.1, 0.15) is 5.60 Å². The maximum atomic E-state index is 12.0. The first-order chi connectivity index (χ1) is 7.83. The molecule has 0 saturated carbocycles. The molecular formula is C14H25NO2. The molecule has 0 aromatic heterocycles. The molecule has 1 fully saturated rings. The van der Waals surface area contributed by atoms with Gasteiger partial charge in [-0.25, -0.2) is 4.79 Å². The van der Waals surface area contributed by atoms with E-state index >= 15 is 0 Å². The van der Waals surface area contributed by atoms with Crippen molar-refractivity contribution in [3.63, 3.8) is 0 Å². The maximum Gasteiger partial charge on any atom is 0.410 e. The van der Waals surface area contributed by atoms with Crippen molar-refractivity contribution in [3.05, 3.63) is 11.6 Å². The lowest BCUT2D eigenvalue weighted by Crippen LogP contribution is -2.43. The van der Waals surface area contributed by atoms with E-state index in [2.05, 4.69) is 19.9 Å². The Morgan fingerprint density at radius 3 is 2.59 bits per heavy atom. The fourth-order valence-electron chi connectivity index (χ4n) is 2.08. The Morgan fingerprint density at radius 1 is 1.41 bits per heavy atom. The molecule has 3 heteroatoms. The third-order valence-corrected chi connectivity index (χ3v) is 3.17. The number of likely N-dealkylation sites (tertiary alicyclic amines) is 1. The average Bonchev–Trinajstić information content (AvgIpc) is 2.26. The smallest absolute Gasteiger partial charge is 0.410 e. The second-order valence-electron chi connectivity index (χ2n) is 5.80. The first kappa shape index (κ1) is 14.1. The van der Waals surface area contributed by atoms with Gasteiger partial charge in [-0.2, -0.15) is 0 Å². The van der Waals surface area contributed by atoms with E-state index in [1.165, 1.54) is 12.0 Å². The monoisotopic (exact) mass is 239 g/mol. The molecule has 1 amide bonds. The minimum absolute atomic E-state index is 0.175. The van der Waals surface area contributed by atoms with Crippen LogP contribution in [0.4, 0.5) is 4.79 Å². The van der Waals surface area contributed by atoms with Crippen molar-refractivity contribution in [2.45, 2.75) is 53.1 Å². The molecule has 0 spiro atoms. The molecule has 1 aliphatic rings. The van der Waals surface area contributed by atoms with Gasteiger partial charge in [0.15, 0.2) is 0 Å². The Hall–Kier alpha value is -0.990. The van der Waals surface area contributed by atoms with Gasteiger partial charge in [0.05, 0.1) is 0 Å². The largest absolute Gasteiger partial charge is 0.444 e. The molecular weight excluding hydrogens is 214 g/mol. The highest BCUT2D eigenvalue weighted by atomic mass is 16.6. The third-order valence-electron chi connectivity index (χ3n) is 3.17. The van der Waals surface area contributed by atoms with E-state index < -0.39 is 5.60 Å². The molecule has 0 aromatic carbocycles. The van der Waals surface area contributed by atoms with Crippen LogP contribution in [-0.2, 0) is 4.74 Å². The van der Waals surface area contributed by atoms with Crippen molar-refractivity contribution in [2.24, 2.45) is 5.92 Å². The van der Waals surface area contributed by atoms with Crippen LogP contribution in [0.1, 0.15) is 47.5 Å². The quantitative estimate of drug-likeness (QED) is 0.654. The summed E-state index contributed by atoms with van der Waals surface area (Å²) in [4.78, 5) is 13.8. The van der Waals surface area contributed by atoms with Gasteiger partial charge in [0, 0.05) is 13.1 Å². The molecule has 1 atom stereocenters. The van der Waals surface area contributed by atoms with Gasteiger partial charge in [-0.1, -0.05) is 11.6 Å². The topological polar surface area (TPSA) is 29.5 Å². The van der Waals surface area contributed by atoms with E-state index in [1.54, 1.807) is 0 Å². The highest BCUT2D eigenvalue weighted by Crippen LogP contribution is 2.24. The number of hydrogen-bond donors (Lipinski definition) is 0. The summed E-state index contributed by atoms with van der Waals surface area (Å²) in [7, 11) is 0. The van der Waals surface area contributed by atoms with Crippen LogP contribution in [0.3, 0.4) is 0 Å². The van der Waals surface area contributed by atoms with Crippen LogP contribution in [-0.4, -0.2) is 29.7 Å². The molecule has 3 nitrogen and oxygen atoms in total. The normalized spacial score (nSPS) is 22.5. The Morgan fingerprint density at radius 2 is 2.06 bits per heavy atom. The molecule has 0 radical (unpaired) electrons. The van der Waals surface area contributed by atoms with Crippen LogP contribution in [0.25, 0.3) is 0 Å². The highest BCUT2D eigenvalue weighted by molar-refractivity contribution is 5.68. The number of rotatable bonds is 1. The van der Waals surface area contributed by atoms with Crippen molar-refractivity contribution >= 4 is 6.09 Å². The fraction of sp³-hybridized carbons (Fsp3) is 0.786. The SMILES string of the molecule is CC=C(C)C1CCCN(C(=O)OC(C)(C)C)C1. The van der Waals surface area contributed by atoms with Crippen LogP contribution in [0.5, 0.6) is 0 Å². The van der Waals surface area contributed by atoms with Gasteiger partial charge in [-0.05, 0) is 53.4 Å². The van der Waals surface area contributed by atoms with E-state index in [-0.39, 0.29) is 6.09 Å². The van der Waals surface area contributed by atoms with E-state index in [0.717, 1.165) is 19.5 Å². The lowest BCUT2D eigenvalue weighted by Gasteiger charge is -2.34. The number of piperidine rings is 1. The zero-order chi connectivity index (χ0) is 13.1. The summed E-state index contributed by atoms with van der Waals surface area (Å²) in [5, 5.41) is 0. The zero-order valence-corrected chi connectivity index (χ0v) is 11.7. The summed E-state index contributed by atoms with van der Waals surface area (Å²) in [6.45, 7) is 11.5. The molecule has 1 heterocycles. The summed E-state index contributed by atoms with van der Waals surface area (Å²) in [5.74, 6) is 0.501. The van der Waals surface area contributed by atoms with Crippen LogP contribution in [0.15, 0.2) is 11.6 Å². The second kappa shape index (κ2) is 5.56. The van der Waals surface area contributed by atoms with Crippen molar-refractivity contribution in [2.75, 3.05) is 13.1 Å². The van der Waals surface area contributed by atoms with Crippen LogP contribution >= 0.6 is 0 Å². The van der Waals surface area contributed by atoms with Crippen molar-refractivity contribution in [1.82, 2.24) is 4.90 Å². The molecule has 0 N–H and O–H groups in total. The zero-order valence-electron chi connectivity index (χ0n) is 11.7. The van der Waals surface area contributed by atoms with E-state index in [0.29, 0.717) is 5.92 Å². The van der Waals surface area contributed by atoms with Gasteiger partial charge in [0.25, 0.3) is 0 Å². The number of ether oxygens (including phenoxy) is 1. The highest BCUT2D eigenvalue weighted by Gasteiger charge is 2.27. The molecule has 17 heavy (non-hydrogen) atoms. The third kappa shape index (κ3) is 4.41. The second-order valence-corrected chi connectivity index (χ2v) is 5.80. The minimum atomic E-state index is -0.403. The van der Waals surface area contributed by atoms with Gasteiger partial charge < -0.3 is 9.64 Å². The molecule has 1 unspecified atom stereocenters. The number of carbonyl (C=O) groups is 1. The van der Waals surface area contributed by atoms with E-state index in [4.69, 9.17) is 4.74 Å². The van der Waals surface area contributed by atoms with Crippen LogP contribution in [0, 0.1) is 5.92 Å². The Bertz CT molecular complexity index is 302. The number of nitrogens with zero attached hydrogens (tertiary/aromatic N) is 1. The number of hydrogen-bond acceptors (Lipinski definition) is 2. The number of amides is 1. The summed E-state index contributed by atoms with van der Waals surface area (Å²) in [5.41, 5.74) is 0.970. The van der Waals surface area contributed by atoms with E-state index in [1.807, 2.05) is 25.7 Å². The minimum Gasteiger partial charge on any atom is -0.444 e. The summed E-state index contributed by atoms with van der Waals surface area (Å²) in [6, 6.07) is 0. The summed E-state index contributed by atoms with van der Waals surface area (Å²) in [6.07, 6.45) is 4.21. The molecule has 1 saturated heterocycles. The molecule has 1 aliphatic heterocycles. The molecule has 1 rings (SSSR count). The molecule has 0 aliphatic carbocycles. The van der Waals surface area contributed by atoms with Gasteiger partial charge in [-0.15, -0.1) is 0 Å². The van der Waals surface area contributed by atoms with Crippen LogP contribution < -0.4 is 0 Å². The first-order valence-corrected chi connectivity index (χ1v) is 6.44.